The SMILES string of the molecule is O=C(CCC1CCCCC1)Nc1cnccc1C(=O)O. The highest BCUT2D eigenvalue weighted by atomic mass is 16.4. The minimum Gasteiger partial charge on any atom is -0.478 e. The summed E-state index contributed by atoms with van der Waals surface area (Å²) in [6.07, 6.45) is 10.4. The maximum Gasteiger partial charge on any atom is 0.337 e. The number of aromatic nitrogens is 1. The van der Waals surface area contributed by atoms with Gasteiger partial charge in [-0.15, -0.1) is 0 Å². The Morgan fingerprint density at radius 1 is 1.30 bits per heavy atom. The number of hydrogen-bond acceptors (Lipinski definition) is 3. The molecule has 1 aliphatic carbocycles. The molecule has 5 nitrogen and oxygen atoms in total. The van der Waals surface area contributed by atoms with Gasteiger partial charge in [0.2, 0.25) is 5.91 Å². The summed E-state index contributed by atoms with van der Waals surface area (Å²) in [5.41, 5.74) is 0.347. The van der Waals surface area contributed by atoms with E-state index in [-0.39, 0.29) is 17.2 Å². The molecule has 0 radical (unpaired) electrons. The zero-order valence-corrected chi connectivity index (χ0v) is 11.5. The van der Waals surface area contributed by atoms with Crippen LogP contribution in [0.15, 0.2) is 18.5 Å². The average Bonchev–Trinajstić information content (AvgIpc) is 2.46. The maximum atomic E-state index is 11.9. The second-order valence-corrected chi connectivity index (χ2v) is 5.32. The lowest BCUT2D eigenvalue weighted by Gasteiger charge is -2.21. The summed E-state index contributed by atoms with van der Waals surface area (Å²) in [5, 5.41) is 11.7. The monoisotopic (exact) mass is 276 g/mol. The molecule has 5 heteroatoms. The van der Waals surface area contributed by atoms with Crippen molar-refractivity contribution in [2.24, 2.45) is 5.92 Å². The Balaban J connectivity index is 1.86. The summed E-state index contributed by atoms with van der Waals surface area (Å²) >= 11 is 0. The summed E-state index contributed by atoms with van der Waals surface area (Å²) in [6.45, 7) is 0. The molecule has 1 amide bonds. The van der Waals surface area contributed by atoms with Crippen molar-refractivity contribution in [3.05, 3.63) is 24.0 Å². The molecule has 0 aliphatic heterocycles. The van der Waals surface area contributed by atoms with E-state index < -0.39 is 5.97 Å². The number of anilines is 1. The molecule has 1 aromatic heterocycles. The molecule has 0 atom stereocenters. The molecule has 0 spiro atoms. The number of hydrogen-bond donors (Lipinski definition) is 2. The number of carbonyl (C=O) groups is 2. The van der Waals surface area contributed by atoms with Gasteiger partial charge in [-0.05, 0) is 18.4 Å². The van der Waals surface area contributed by atoms with Crippen molar-refractivity contribution in [3.8, 4) is 0 Å². The molecule has 0 aromatic carbocycles. The first-order valence-corrected chi connectivity index (χ1v) is 7.14. The van der Waals surface area contributed by atoms with Crippen molar-refractivity contribution >= 4 is 17.6 Å². The van der Waals surface area contributed by atoms with Crippen LogP contribution in [0.25, 0.3) is 0 Å². The number of rotatable bonds is 5. The number of carboxylic acid groups (broad SMARTS) is 1. The van der Waals surface area contributed by atoms with Gasteiger partial charge in [0.1, 0.15) is 0 Å². The summed E-state index contributed by atoms with van der Waals surface area (Å²) in [7, 11) is 0. The summed E-state index contributed by atoms with van der Waals surface area (Å²) in [6, 6.07) is 1.39. The smallest absolute Gasteiger partial charge is 0.337 e. The third-order valence-electron chi connectivity index (χ3n) is 3.83. The zero-order chi connectivity index (χ0) is 14.4. The Morgan fingerprint density at radius 3 is 2.75 bits per heavy atom. The molecule has 0 bridgehead atoms. The van der Waals surface area contributed by atoms with Crippen LogP contribution < -0.4 is 5.32 Å². The van der Waals surface area contributed by atoms with Crippen molar-refractivity contribution < 1.29 is 14.7 Å². The molecular formula is C15H20N2O3. The van der Waals surface area contributed by atoms with E-state index in [1.165, 1.54) is 50.6 Å². The number of nitrogens with zero attached hydrogens (tertiary/aromatic N) is 1. The Hall–Kier alpha value is -1.91. The quantitative estimate of drug-likeness (QED) is 0.866. The van der Waals surface area contributed by atoms with Gasteiger partial charge in [0.25, 0.3) is 0 Å². The Kier molecular flexibility index (Phi) is 5.09. The van der Waals surface area contributed by atoms with Gasteiger partial charge in [-0.1, -0.05) is 32.1 Å². The molecule has 0 unspecified atom stereocenters. The molecule has 2 rings (SSSR count). The van der Waals surface area contributed by atoms with E-state index in [0.717, 1.165) is 6.42 Å². The number of aromatic carboxylic acids is 1. The van der Waals surface area contributed by atoms with Gasteiger partial charge < -0.3 is 10.4 Å². The van der Waals surface area contributed by atoms with Crippen LogP contribution in [0.4, 0.5) is 5.69 Å². The lowest BCUT2D eigenvalue weighted by Crippen LogP contribution is -2.16. The van der Waals surface area contributed by atoms with E-state index in [1.54, 1.807) is 0 Å². The predicted octanol–water partition coefficient (Wildman–Crippen LogP) is 3.08. The number of carbonyl (C=O) groups excluding carboxylic acids is 1. The van der Waals surface area contributed by atoms with E-state index in [0.29, 0.717) is 12.3 Å². The second-order valence-electron chi connectivity index (χ2n) is 5.32. The number of pyridine rings is 1. The number of carboxylic acids is 1. The minimum atomic E-state index is -1.06. The highest BCUT2D eigenvalue weighted by Gasteiger charge is 2.16. The van der Waals surface area contributed by atoms with Crippen molar-refractivity contribution in [2.75, 3.05) is 5.32 Å². The van der Waals surface area contributed by atoms with Crippen molar-refractivity contribution in [1.82, 2.24) is 4.98 Å². The van der Waals surface area contributed by atoms with Gasteiger partial charge in [-0.3, -0.25) is 9.78 Å². The standard InChI is InChI=1S/C15H20N2O3/c18-14(7-6-11-4-2-1-3-5-11)17-13-10-16-9-8-12(13)15(19)20/h8-11H,1-7H2,(H,17,18)(H,19,20). The van der Waals surface area contributed by atoms with Crippen molar-refractivity contribution in [3.63, 3.8) is 0 Å². The fourth-order valence-electron chi connectivity index (χ4n) is 2.70. The van der Waals surface area contributed by atoms with Crippen LogP contribution >= 0.6 is 0 Å². The third-order valence-corrected chi connectivity index (χ3v) is 3.83. The second kappa shape index (κ2) is 7.03. The van der Waals surface area contributed by atoms with Gasteiger partial charge in [0, 0.05) is 12.6 Å². The van der Waals surface area contributed by atoms with Crippen molar-refractivity contribution in [1.29, 1.82) is 0 Å². The third kappa shape index (κ3) is 4.05. The van der Waals surface area contributed by atoms with Gasteiger partial charge in [0.05, 0.1) is 17.4 Å². The van der Waals surface area contributed by atoms with Crippen LogP contribution in [0, 0.1) is 5.92 Å². The van der Waals surface area contributed by atoms with E-state index in [1.807, 2.05) is 0 Å². The molecule has 1 fully saturated rings. The zero-order valence-electron chi connectivity index (χ0n) is 11.5. The number of amides is 1. The normalized spacial score (nSPS) is 15.8. The molecule has 20 heavy (non-hydrogen) atoms. The van der Waals surface area contributed by atoms with E-state index in [9.17, 15) is 9.59 Å². The van der Waals surface area contributed by atoms with E-state index in [4.69, 9.17) is 5.11 Å². The van der Waals surface area contributed by atoms with E-state index >= 15 is 0 Å². The van der Waals surface area contributed by atoms with Gasteiger partial charge >= 0.3 is 5.97 Å². The van der Waals surface area contributed by atoms with Gasteiger partial charge in [0.15, 0.2) is 0 Å². The predicted molar refractivity (Wildman–Crippen MR) is 75.6 cm³/mol. The van der Waals surface area contributed by atoms with Crippen LogP contribution in [-0.2, 0) is 4.79 Å². The lowest BCUT2D eigenvalue weighted by atomic mass is 9.86. The fraction of sp³-hybridized carbons (Fsp3) is 0.533. The van der Waals surface area contributed by atoms with Crippen LogP contribution in [0.3, 0.4) is 0 Å². The molecule has 1 aromatic rings. The molecule has 1 aliphatic rings. The summed E-state index contributed by atoms with van der Waals surface area (Å²) in [5.74, 6) is -0.552. The van der Waals surface area contributed by atoms with Crippen LogP contribution in [0.2, 0.25) is 0 Å². The Morgan fingerprint density at radius 2 is 2.05 bits per heavy atom. The van der Waals surface area contributed by atoms with Crippen LogP contribution in [0.1, 0.15) is 55.3 Å². The molecule has 2 N–H and O–H groups in total. The highest BCUT2D eigenvalue weighted by molar-refractivity contribution is 6.00. The lowest BCUT2D eigenvalue weighted by molar-refractivity contribution is -0.116. The largest absolute Gasteiger partial charge is 0.478 e. The average molecular weight is 276 g/mol. The first kappa shape index (κ1) is 14.5. The first-order valence-electron chi connectivity index (χ1n) is 7.14. The number of nitrogens with one attached hydrogen (secondary N) is 1. The minimum absolute atomic E-state index is 0.0750. The van der Waals surface area contributed by atoms with Gasteiger partial charge in [-0.2, -0.15) is 0 Å². The molecule has 0 saturated heterocycles. The topological polar surface area (TPSA) is 79.3 Å². The maximum absolute atomic E-state index is 11.9. The van der Waals surface area contributed by atoms with Gasteiger partial charge in [-0.25, -0.2) is 4.79 Å². The van der Waals surface area contributed by atoms with E-state index in [2.05, 4.69) is 10.3 Å². The first-order chi connectivity index (χ1) is 9.66. The summed E-state index contributed by atoms with van der Waals surface area (Å²) < 4.78 is 0. The molecule has 1 heterocycles. The van der Waals surface area contributed by atoms with Crippen LogP contribution in [0.5, 0.6) is 0 Å². The molecular weight excluding hydrogens is 256 g/mol. The molecule has 1 saturated carbocycles. The molecule has 108 valence electrons. The van der Waals surface area contributed by atoms with Crippen molar-refractivity contribution in [2.45, 2.75) is 44.9 Å². The van der Waals surface area contributed by atoms with Crippen LogP contribution in [-0.4, -0.2) is 22.0 Å². The Labute approximate surface area is 118 Å². The summed E-state index contributed by atoms with van der Waals surface area (Å²) in [4.78, 5) is 26.8. The fourth-order valence-corrected chi connectivity index (χ4v) is 2.70. The highest BCUT2D eigenvalue weighted by Crippen LogP contribution is 2.27. The Bertz CT molecular complexity index is 482.